The van der Waals surface area contributed by atoms with Crippen LogP contribution in [-0.4, -0.2) is 49.1 Å². The lowest BCUT2D eigenvalue weighted by atomic mass is 10.1. The van der Waals surface area contributed by atoms with Gasteiger partial charge in [-0.25, -0.2) is 4.98 Å². The number of methoxy groups -OCH3 is 1. The Bertz CT molecular complexity index is 612. The lowest BCUT2D eigenvalue weighted by Crippen LogP contribution is -2.42. The maximum absolute atomic E-state index is 6.03. The first-order chi connectivity index (χ1) is 11.5. The molecule has 1 aliphatic rings. The van der Waals surface area contributed by atoms with Crippen LogP contribution in [0.5, 0.6) is 11.6 Å². The van der Waals surface area contributed by atoms with Crippen LogP contribution in [-0.2, 0) is 0 Å². The Morgan fingerprint density at radius 3 is 2.54 bits per heavy atom. The summed E-state index contributed by atoms with van der Waals surface area (Å²) in [6, 6.07) is 3.72. The number of ether oxygens (including phenoxy) is 2. The molecule has 0 spiro atoms. The lowest BCUT2D eigenvalue weighted by Gasteiger charge is -2.34. The quantitative estimate of drug-likeness (QED) is 0.471. The number of hydrogen-bond acceptors (Lipinski definition) is 4. The molecule has 0 atom stereocenters. The van der Waals surface area contributed by atoms with Crippen molar-refractivity contribution in [2.45, 2.75) is 32.8 Å². The third kappa shape index (κ3) is 4.85. The number of amidine groups is 1. The lowest BCUT2D eigenvalue weighted by molar-refractivity contribution is 0.130. The molecule has 5 nitrogen and oxygen atoms in total. The molecule has 2 heterocycles. The van der Waals surface area contributed by atoms with Crippen LogP contribution in [0, 0.1) is 0 Å². The van der Waals surface area contributed by atoms with E-state index in [2.05, 4.69) is 34.5 Å². The van der Waals surface area contributed by atoms with Crippen LogP contribution >= 0.6 is 0 Å². The summed E-state index contributed by atoms with van der Waals surface area (Å²) in [7, 11) is 3.45. The van der Waals surface area contributed by atoms with Gasteiger partial charge in [-0.05, 0) is 25.5 Å². The van der Waals surface area contributed by atoms with Crippen LogP contribution in [0.15, 0.2) is 47.1 Å². The molecule has 0 N–H and O–H groups in total. The molecule has 0 aliphatic carbocycles. The van der Waals surface area contributed by atoms with Crippen molar-refractivity contribution < 1.29 is 9.47 Å². The van der Waals surface area contributed by atoms with Crippen LogP contribution in [0.1, 0.15) is 26.7 Å². The molecule has 0 radical (unpaired) electrons. The first-order valence-corrected chi connectivity index (χ1v) is 8.26. The summed E-state index contributed by atoms with van der Waals surface area (Å²) in [5.74, 6) is 2.43. The van der Waals surface area contributed by atoms with Gasteiger partial charge in [0.15, 0.2) is 0 Å². The minimum absolute atomic E-state index is 0.208. The maximum atomic E-state index is 6.03. The Hall–Kier alpha value is -2.30. The van der Waals surface area contributed by atoms with E-state index in [1.54, 1.807) is 13.3 Å². The van der Waals surface area contributed by atoms with Gasteiger partial charge in [0.2, 0.25) is 5.88 Å². The molecule has 0 unspecified atom stereocenters. The molecular weight excluding hydrogens is 302 g/mol. The van der Waals surface area contributed by atoms with Crippen molar-refractivity contribution in [1.82, 2.24) is 9.88 Å². The van der Waals surface area contributed by atoms with Crippen molar-refractivity contribution >= 4 is 5.84 Å². The second-order valence-electron chi connectivity index (χ2n) is 6.06. The van der Waals surface area contributed by atoms with E-state index in [9.17, 15) is 0 Å². The molecule has 1 aromatic rings. The zero-order chi connectivity index (χ0) is 17.5. The second-order valence-corrected chi connectivity index (χ2v) is 6.06. The zero-order valence-corrected chi connectivity index (χ0v) is 15.1. The van der Waals surface area contributed by atoms with Gasteiger partial charge in [0, 0.05) is 39.0 Å². The number of pyridine rings is 1. The van der Waals surface area contributed by atoms with E-state index in [4.69, 9.17) is 9.47 Å². The molecular formula is C19H27N3O2. The van der Waals surface area contributed by atoms with Crippen molar-refractivity contribution in [2.24, 2.45) is 4.99 Å². The Morgan fingerprint density at radius 2 is 2.04 bits per heavy atom. The van der Waals surface area contributed by atoms with Crippen LogP contribution in [0.3, 0.4) is 0 Å². The highest BCUT2D eigenvalue weighted by molar-refractivity contribution is 5.98. The highest BCUT2D eigenvalue weighted by Gasteiger charge is 2.23. The molecule has 0 bridgehead atoms. The van der Waals surface area contributed by atoms with E-state index in [0.717, 1.165) is 48.7 Å². The Morgan fingerprint density at radius 1 is 1.33 bits per heavy atom. The van der Waals surface area contributed by atoms with Gasteiger partial charge in [0.05, 0.1) is 13.3 Å². The molecule has 0 amide bonds. The largest absolute Gasteiger partial charge is 0.489 e. The highest BCUT2D eigenvalue weighted by Crippen LogP contribution is 2.21. The highest BCUT2D eigenvalue weighted by atomic mass is 16.5. The van der Waals surface area contributed by atoms with Gasteiger partial charge in [0.1, 0.15) is 17.7 Å². The molecule has 130 valence electrons. The predicted molar refractivity (Wildman–Crippen MR) is 97.9 cm³/mol. The second kappa shape index (κ2) is 8.52. The molecule has 2 rings (SSSR count). The third-order valence-electron chi connectivity index (χ3n) is 3.99. The van der Waals surface area contributed by atoms with Crippen molar-refractivity contribution in [2.75, 3.05) is 27.2 Å². The molecule has 1 aliphatic heterocycles. The van der Waals surface area contributed by atoms with Crippen molar-refractivity contribution in [1.29, 1.82) is 0 Å². The molecule has 1 aromatic heterocycles. The molecule has 1 saturated heterocycles. The fraction of sp³-hybridized carbons (Fsp3) is 0.474. The van der Waals surface area contributed by atoms with E-state index in [-0.39, 0.29) is 6.10 Å². The van der Waals surface area contributed by atoms with Crippen LogP contribution in [0.4, 0.5) is 0 Å². The number of aromatic nitrogens is 1. The fourth-order valence-corrected chi connectivity index (χ4v) is 2.94. The topological polar surface area (TPSA) is 47.0 Å². The summed E-state index contributed by atoms with van der Waals surface area (Å²) in [6.45, 7) is 9.89. The molecule has 24 heavy (non-hydrogen) atoms. The zero-order valence-electron chi connectivity index (χ0n) is 15.1. The average Bonchev–Trinajstić information content (AvgIpc) is 2.57. The normalized spacial score (nSPS) is 16.9. The number of rotatable bonds is 5. The minimum Gasteiger partial charge on any atom is -0.489 e. The molecule has 5 heteroatoms. The minimum atomic E-state index is 0.208. The first kappa shape index (κ1) is 18.0. The monoisotopic (exact) mass is 329 g/mol. The van der Waals surface area contributed by atoms with Gasteiger partial charge in [-0.2, -0.15) is 0 Å². The smallest absolute Gasteiger partial charge is 0.213 e. The van der Waals surface area contributed by atoms with Crippen LogP contribution in [0.25, 0.3) is 0 Å². The summed E-state index contributed by atoms with van der Waals surface area (Å²) in [5, 5.41) is 0. The van der Waals surface area contributed by atoms with Crippen LogP contribution in [0.2, 0.25) is 0 Å². The fourth-order valence-electron chi connectivity index (χ4n) is 2.94. The van der Waals surface area contributed by atoms with E-state index in [1.807, 2.05) is 26.1 Å². The van der Waals surface area contributed by atoms with Crippen molar-refractivity contribution in [3.8, 4) is 11.6 Å². The summed E-state index contributed by atoms with van der Waals surface area (Å²) in [5.41, 5.74) is 2.20. The molecule has 0 aromatic carbocycles. The van der Waals surface area contributed by atoms with E-state index in [0.29, 0.717) is 5.88 Å². The standard InChI is InChI=1S/C19H27N3O2/c1-14(2)12-15(3)19(20-4)22-10-8-16(9-11-22)24-17-6-7-18(23-5)21-13-17/h6-7,12-13,16H,1,8-11H2,2-5H3/b15-12-,20-19?. The van der Waals surface area contributed by atoms with Gasteiger partial charge in [-0.3, -0.25) is 4.99 Å². The van der Waals surface area contributed by atoms with Gasteiger partial charge >= 0.3 is 0 Å². The van der Waals surface area contributed by atoms with Crippen molar-refractivity contribution in [3.05, 3.63) is 42.1 Å². The number of aliphatic imine (C=N–C) groups is 1. The number of nitrogens with zero attached hydrogens (tertiary/aromatic N) is 3. The number of piperidine rings is 1. The van der Waals surface area contributed by atoms with E-state index < -0.39 is 0 Å². The Kier molecular flexibility index (Phi) is 6.41. The van der Waals surface area contributed by atoms with Gasteiger partial charge in [-0.1, -0.05) is 18.2 Å². The molecule has 1 fully saturated rings. The van der Waals surface area contributed by atoms with Crippen molar-refractivity contribution in [3.63, 3.8) is 0 Å². The predicted octanol–water partition coefficient (Wildman–Crippen LogP) is 3.48. The van der Waals surface area contributed by atoms with Gasteiger partial charge < -0.3 is 14.4 Å². The summed E-state index contributed by atoms with van der Waals surface area (Å²) >= 11 is 0. The number of likely N-dealkylation sites (tertiary alicyclic amines) is 1. The summed E-state index contributed by atoms with van der Waals surface area (Å²) < 4.78 is 11.1. The molecule has 0 saturated carbocycles. The van der Waals surface area contributed by atoms with Gasteiger partial charge in [0.25, 0.3) is 0 Å². The van der Waals surface area contributed by atoms with Crippen LogP contribution < -0.4 is 9.47 Å². The number of hydrogen-bond donors (Lipinski definition) is 0. The number of allylic oxidation sites excluding steroid dienone is 2. The SMILES string of the molecule is C=C(C)/C=C(/C)C(=NC)N1CCC(Oc2ccc(OC)nc2)CC1. The first-order valence-electron chi connectivity index (χ1n) is 8.26. The summed E-state index contributed by atoms with van der Waals surface area (Å²) in [6.07, 6.45) is 5.93. The van der Waals surface area contributed by atoms with Gasteiger partial charge in [-0.15, -0.1) is 0 Å². The third-order valence-corrected chi connectivity index (χ3v) is 3.99. The summed E-state index contributed by atoms with van der Waals surface area (Å²) in [4.78, 5) is 11.0. The van der Waals surface area contributed by atoms with E-state index >= 15 is 0 Å². The Balaban J connectivity index is 1.91. The maximum Gasteiger partial charge on any atom is 0.213 e. The Labute approximate surface area is 144 Å². The average molecular weight is 329 g/mol. The van der Waals surface area contributed by atoms with E-state index in [1.165, 1.54) is 0 Å².